The molecular weight excluding hydrogens is 140 g/mol. The molecule has 0 aromatic rings. The van der Waals surface area contributed by atoms with E-state index in [9.17, 15) is 4.79 Å². The first-order valence-electron chi connectivity index (χ1n) is 4.27. The highest BCUT2D eigenvalue weighted by Gasteiger charge is 2.21. The van der Waals surface area contributed by atoms with Gasteiger partial charge in [-0.15, -0.1) is 0 Å². The van der Waals surface area contributed by atoms with Gasteiger partial charge in [-0.3, -0.25) is 10.1 Å². The Morgan fingerprint density at radius 3 is 2.91 bits per heavy atom. The fourth-order valence-electron chi connectivity index (χ4n) is 1.42. The number of amides is 1. The molecule has 0 saturated carbocycles. The van der Waals surface area contributed by atoms with Crippen molar-refractivity contribution in [2.24, 2.45) is 0 Å². The Kier molecular flexibility index (Phi) is 2.88. The van der Waals surface area contributed by atoms with E-state index in [4.69, 9.17) is 0 Å². The van der Waals surface area contributed by atoms with Gasteiger partial charge in [-0.1, -0.05) is 13.3 Å². The highest BCUT2D eigenvalue weighted by molar-refractivity contribution is 5.77. The predicted molar refractivity (Wildman–Crippen MR) is 44.1 cm³/mol. The van der Waals surface area contributed by atoms with Crippen LogP contribution in [0.5, 0.6) is 0 Å². The lowest BCUT2D eigenvalue weighted by molar-refractivity contribution is -0.124. The minimum atomic E-state index is 0.176. The predicted octanol–water partition coefficient (Wildman–Crippen LogP) is 0.611. The van der Waals surface area contributed by atoms with Crippen LogP contribution in [0.25, 0.3) is 0 Å². The molecule has 2 N–H and O–H groups in total. The normalized spacial score (nSPS) is 31.6. The number of carbonyl (C=O) groups is 1. The SMILES string of the molecule is CCCC1NC(=O)CC(C)N1. The van der Waals surface area contributed by atoms with Crippen LogP contribution >= 0.6 is 0 Å². The van der Waals surface area contributed by atoms with E-state index in [2.05, 4.69) is 17.6 Å². The molecule has 2 atom stereocenters. The van der Waals surface area contributed by atoms with Crippen LogP contribution in [0.3, 0.4) is 0 Å². The molecule has 64 valence electrons. The molecule has 0 bridgehead atoms. The summed E-state index contributed by atoms with van der Waals surface area (Å²) in [7, 11) is 0. The van der Waals surface area contributed by atoms with Crippen molar-refractivity contribution in [2.75, 3.05) is 0 Å². The molecule has 11 heavy (non-hydrogen) atoms. The van der Waals surface area contributed by atoms with Crippen molar-refractivity contribution in [3.63, 3.8) is 0 Å². The third kappa shape index (κ3) is 2.50. The molecule has 2 unspecified atom stereocenters. The van der Waals surface area contributed by atoms with Crippen LogP contribution in [0, 0.1) is 0 Å². The Labute approximate surface area is 67.5 Å². The van der Waals surface area contributed by atoms with E-state index in [1.54, 1.807) is 0 Å². The Morgan fingerprint density at radius 1 is 1.64 bits per heavy atom. The van der Waals surface area contributed by atoms with Gasteiger partial charge < -0.3 is 5.32 Å². The van der Waals surface area contributed by atoms with E-state index < -0.39 is 0 Å². The molecule has 0 spiro atoms. The summed E-state index contributed by atoms with van der Waals surface area (Å²) in [4.78, 5) is 11.0. The van der Waals surface area contributed by atoms with Gasteiger partial charge in [0.1, 0.15) is 0 Å². The molecule has 1 amide bonds. The zero-order chi connectivity index (χ0) is 8.27. The molecular formula is C8H16N2O. The lowest BCUT2D eigenvalue weighted by atomic mass is 10.1. The van der Waals surface area contributed by atoms with Gasteiger partial charge in [0.25, 0.3) is 0 Å². The van der Waals surface area contributed by atoms with E-state index in [0.29, 0.717) is 12.5 Å². The first-order valence-corrected chi connectivity index (χ1v) is 4.27. The summed E-state index contributed by atoms with van der Waals surface area (Å²) in [5.41, 5.74) is 0. The minimum absolute atomic E-state index is 0.176. The lowest BCUT2D eigenvalue weighted by Crippen LogP contribution is -2.55. The maximum Gasteiger partial charge on any atom is 0.222 e. The molecule has 0 aromatic carbocycles. The van der Waals surface area contributed by atoms with E-state index in [0.717, 1.165) is 12.8 Å². The Bertz CT molecular complexity index is 147. The Balaban J connectivity index is 2.36. The van der Waals surface area contributed by atoms with Gasteiger partial charge in [0.15, 0.2) is 0 Å². The molecule has 3 nitrogen and oxygen atoms in total. The number of nitrogens with one attached hydrogen (secondary N) is 2. The van der Waals surface area contributed by atoms with Crippen molar-refractivity contribution >= 4 is 5.91 Å². The summed E-state index contributed by atoms with van der Waals surface area (Å²) in [5, 5.41) is 6.21. The number of hydrogen-bond acceptors (Lipinski definition) is 2. The maximum absolute atomic E-state index is 11.0. The van der Waals surface area contributed by atoms with Crippen molar-refractivity contribution in [1.29, 1.82) is 0 Å². The minimum Gasteiger partial charge on any atom is -0.341 e. The molecule has 1 rings (SSSR count). The van der Waals surface area contributed by atoms with E-state index in [-0.39, 0.29) is 12.1 Å². The smallest absolute Gasteiger partial charge is 0.222 e. The molecule has 1 fully saturated rings. The van der Waals surface area contributed by atoms with Crippen molar-refractivity contribution in [3.8, 4) is 0 Å². The first-order chi connectivity index (χ1) is 5.22. The highest BCUT2D eigenvalue weighted by Crippen LogP contribution is 2.03. The van der Waals surface area contributed by atoms with Gasteiger partial charge in [-0.25, -0.2) is 0 Å². The average Bonchev–Trinajstić information content (AvgIpc) is 1.85. The van der Waals surface area contributed by atoms with Crippen LogP contribution in [0.2, 0.25) is 0 Å². The molecule has 0 aromatic heterocycles. The third-order valence-electron chi connectivity index (χ3n) is 1.89. The van der Waals surface area contributed by atoms with Crippen molar-refractivity contribution < 1.29 is 4.79 Å². The number of hydrogen-bond donors (Lipinski definition) is 2. The summed E-state index contributed by atoms with van der Waals surface area (Å²) in [6.07, 6.45) is 2.94. The van der Waals surface area contributed by atoms with Crippen molar-refractivity contribution in [2.45, 2.75) is 45.3 Å². The first kappa shape index (κ1) is 8.53. The van der Waals surface area contributed by atoms with Crippen LogP contribution in [-0.4, -0.2) is 18.1 Å². The van der Waals surface area contributed by atoms with Crippen molar-refractivity contribution in [1.82, 2.24) is 10.6 Å². The van der Waals surface area contributed by atoms with Gasteiger partial charge in [0, 0.05) is 12.5 Å². The molecule has 1 aliphatic heterocycles. The fourth-order valence-corrected chi connectivity index (χ4v) is 1.42. The standard InChI is InChI=1S/C8H16N2O/c1-3-4-7-9-6(2)5-8(11)10-7/h6-7,9H,3-5H2,1-2H3,(H,10,11). The molecule has 1 saturated heterocycles. The molecule has 0 aliphatic carbocycles. The molecule has 3 heteroatoms. The second-order valence-electron chi connectivity index (χ2n) is 3.18. The zero-order valence-corrected chi connectivity index (χ0v) is 7.18. The second-order valence-corrected chi connectivity index (χ2v) is 3.18. The average molecular weight is 156 g/mol. The van der Waals surface area contributed by atoms with Crippen LogP contribution < -0.4 is 10.6 Å². The largest absolute Gasteiger partial charge is 0.341 e. The van der Waals surface area contributed by atoms with Gasteiger partial charge >= 0.3 is 0 Å². The molecule has 1 heterocycles. The number of rotatable bonds is 2. The second kappa shape index (κ2) is 3.72. The van der Waals surface area contributed by atoms with E-state index in [1.807, 2.05) is 6.92 Å². The third-order valence-corrected chi connectivity index (χ3v) is 1.89. The maximum atomic E-state index is 11.0. The van der Waals surface area contributed by atoms with Gasteiger partial charge in [-0.2, -0.15) is 0 Å². The lowest BCUT2D eigenvalue weighted by Gasteiger charge is -2.29. The topological polar surface area (TPSA) is 41.1 Å². The van der Waals surface area contributed by atoms with Crippen LogP contribution in [0.15, 0.2) is 0 Å². The summed E-state index contributed by atoms with van der Waals surface area (Å²) < 4.78 is 0. The van der Waals surface area contributed by atoms with Gasteiger partial charge in [0.05, 0.1) is 6.17 Å². The highest BCUT2D eigenvalue weighted by atomic mass is 16.2. The molecule has 1 aliphatic rings. The van der Waals surface area contributed by atoms with Gasteiger partial charge in [0.2, 0.25) is 5.91 Å². The quantitative estimate of drug-likeness (QED) is 0.615. The number of carbonyl (C=O) groups excluding carboxylic acids is 1. The summed E-state index contributed by atoms with van der Waals surface area (Å²) in [6, 6.07) is 0.334. The van der Waals surface area contributed by atoms with Crippen molar-refractivity contribution in [3.05, 3.63) is 0 Å². The van der Waals surface area contributed by atoms with E-state index >= 15 is 0 Å². The van der Waals surface area contributed by atoms with Crippen LogP contribution in [0.4, 0.5) is 0 Å². The monoisotopic (exact) mass is 156 g/mol. The van der Waals surface area contributed by atoms with Crippen LogP contribution in [0.1, 0.15) is 33.1 Å². The summed E-state index contributed by atoms with van der Waals surface area (Å²) >= 11 is 0. The summed E-state index contributed by atoms with van der Waals surface area (Å²) in [6.45, 7) is 4.16. The fraction of sp³-hybridized carbons (Fsp3) is 0.875. The Morgan fingerprint density at radius 2 is 2.36 bits per heavy atom. The Hall–Kier alpha value is -0.570. The van der Waals surface area contributed by atoms with E-state index in [1.165, 1.54) is 0 Å². The zero-order valence-electron chi connectivity index (χ0n) is 7.18. The van der Waals surface area contributed by atoms with Crippen LogP contribution in [-0.2, 0) is 4.79 Å². The van der Waals surface area contributed by atoms with Gasteiger partial charge in [-0.05, 0) is 13.3 Å². The molecule has 0 radical (unpaired) electrons. The summed E-state index contributed by atoms with van der Waals surface area (Å²) in [5.74, 6) is 0.176.